The van der Waals surface area contributed by atoms with E-state index in [0.717, 1.165) is 18.1 Å². The van der Waals surface area contributed by atoms with E-state index < -0.39 is 0 Å². The van der Waals surface area contributed by atoms with Crippen molar-refractivity contribution in [1.29, 1.82) is 0 Å². The first-order chi connectivity index (χ1) is 9.83. The predicted octanol–water partition coefficient (Wildman–Crippen LogP) is 2.94. The van der Waals surface area contributed by atoms with E-state index in [-0.39, 0.29) is 0 Å². The number of ether oxygens (including phenoxy) is 1. The fraction of sp³-hybridized carbons (Fsp3) is 1.00. The van der Waals surface area contributed by atoms with Crippen LogP contribution in [-0.2, 0) is 4.74 Å². The maximum Gasteiger partial charge on any atom is 0.0726 e. The first-order valence-corrected chi connectivity index (χ1v) is 8.87. The zero-order chi connectivity index (χ0) is 13.9. The van der Waals surface area contributed by atoms with Gasteiger partial charge in [0.05, 0.1) is 6.10 Å². The second-order valence-corrected chi connectivity index (χ2v) is 7.08. The number of fused-ring (bicyclic) bond motifs is 2. The van der Waals surface area contributed by atoms with Gasteiger partial charge in [0.2, 0.25) is 0 Å². The average molecular weight is 280 g/mol. The summed E-state index contributed by atoms with van der Waals surface area (Å²) in [4.78, 5) is 2.90. The summed E-state index contributed by atoms with van der Waals surface area (Å²) in [5.41, 5.74) is 0. The predicted molar refractivity (Wildman–Crippen MR) is 83.0 cm³/mol. The second-order valence-electron chi connectivity index (χ2n) is 7.08. The Labute approximate surface area is 124 Å². The Morgan fingerprint density at radius 2 is 1.75 bits per heavy atom. The van der Waals surface area contributed by atoms with Gasteiger partial charge in [-0.15, -0.1) is 0 Å². The van der Waals surface area contributed by atoms with Gasteiger partial charge in [0.25, 0.3) is 0 Å². The molecule has 0 aromatic rings. The fourth-order valence-corrected chi connectivity index (χ4v) is 5.00. The van der Waals surface area contributed by atoms with Gasteiger partial charge in [-0.1, -0.05) is 13.3 Å². The molecule has 0 spiro atoms. The monoisotopic (exact) mass is 280 g/mol. The minimum atomic E-state index is 0.498. The van der Waals surface area contributed by atoms with Crippen LogP contribution in [0, 0.1) is 0 Å². The summed E-state index contributed by atoms with van der Waals surface area (Å²) in [6, 6.07) is 3.11. The van der Waals surface area contributed by atoms with Crippen molar-refractivity contribution in [3.8, 4) is 0 Å². The van der Waals surface area contributed by atoms with Gasteiger partial charge in [0.1, 0.15) is 0 Å². The highest BCUT2D eigenvalue weighted by Crippen LogP contribution is 2.40. The first kappa shape index (κ1) is 14.8. The molecule has 1 N–H and O–H groups in total. The van der Waals surface area contributed by atoms with E-state index in [0.29, 0.717) is 12.1 Å². The third-order valence-electron chi connectivity index (χ3n) is 5.82. The summed E-state index contributed by atoms with van der Waals surface area (Å²) in [7, 11) is 1.91. The Balaban J connectivity index is 1.67. The quantitative estimate of drug-likeness (QED) is 0.838. The molecule has 2 bridgehead atoms. The van der Waals surface area contributed by atoms with Crippen molar-refractivity contribution in [2.45, 2.75) is 95.0 Å². The minimum absolute atomic E-state index is 0.498. The van der Waals surface area contributed by atoms with Crippen molar-refractivity contribution in [2.24, 2.45) is 0 Å². The number of nitrogens with zero attached hydrogens (tertiary/aromatic N) is 1. The highest BCUT2D eigenvalue weighted by atomic mass is 16.5. The summed E-state index contributed by atoms with van der Waals surface area (Å²) < 4.78 is 5.78. The Kier molecular flexibility index (Phi) is 5.00. The number of piperidine rings is 2. The normalized spacial score (nSPS) is 42.0. The molecule has 0 amide bonds. The van der Waals surface area contributed by atoms with Gasteiger partial charge in [-0.3, -0.25) is 4.90 Å². The number of hydrogen-bond donors (Lipinski definition) is 1. The van der Waals surface area contributed by atoms with E-state index in [4.69, 9.17) is 4.74 Å². The van der Waals surface area contributed by atoms with Crippen molar-refractivity contribution in [1.82, 2.24) is 10.2 Å². The molecule has 116 valence electrons. The van der Waals surface area contributed by atoms with Gasteiger partial charge in [-0.25, -0.2) is 0 Å². The maximum absolute atomic E-state index is 5.78. The lowest BCUT2D eigenvalue weighted by Crippen LogP contribution is -2.61. The highest BCUT2D eigenvalue weighted by molar-refractivity contribution is 5.01. The SMILES string of the molecule is CCCNC1CC2CCCC(C1)N2C1CCCC1OC. The van der Waals surface area contributed by atoms with E-state index in [9.17, 15) is 0 Å². The third-order valence-corrected chi connectivity index (χ3v) is 5.82. The lowest BCUT2D eigenvalue weighted by molar-refractivity contribution is -0.0552. The summed E-state index contributed by atoms with van der Waals surface area (Å²) >= 11 is 0. The van der Waals surface area contributed by atoms with Gasteiger partial charge >= 0.3 is 0 Å². The summed E-state index contributed by atoms with van der Waals surface area (Å²) in [6.07, 6.45) is 12.7. The third kappa shape index (κ3) is 2.90. The van der Waals surface area contributed by atoms with Gasteiger partial charge in [0.15, 0.2) is 0 Å². The molecule has 0 aromatic carbocycles. The fourth-order valence-electron chi connectivity index (χ4n) is 5.00. The van der Waals surface area contributed by atoms with Crippen LogP contribution in [0.3, 0.4) is 0 Å². The molecule has 20 heavy (non-hydrogen) atoms. The zero-order valence-electron chi connectivity index (χ0n) is 13.3. The number of nitrogens with one attached hydrogen (secondary N) is 1. The molecule has 1 saturated carbocycles. The molecule has 2 saturated heterocycles. The van der Waals surface area contributed by atoms with Gasteiger partial charge in [0, 0.05) is 31.3 Å². The van der Waals surface area contributed by atoms with Crippen LogP contribution in [0.25, 0.3) is 0 Å². The number of rotatable bonds is 5. The Bertz CT molecular complexity index is 295. The molecule has 3 nitrogen and oxygen atoms in total. The van der Waals surface area contributed by atoms with Crippen LogP contribution in [0.1, 0.15) is 64.7 Å². The van der Waals surface area contributed by atoms with E-state index in [1.54, 1.807) is 0 Å². The molecule has 4 unspecified atom stereocenters. The smallest absolute Gasteiger partial charge is 0.0726 e. The van der Waals surface area contributed by atoms with Crippen molar-refractivity contribution in [3.63, 3.8) is 0 Å². The van der Waals surface area contributed by atoms with Crippen molar-refractivity contribution >= 4 is 0 Å². The topological polar surface area (TPSA) is 24.5 Å². The Morgan fingerprint density at radius 3 is 2.40 bits per heavy atom. The van der Waals surface area contributed by atoms with E-state index in [1.165, 1.54) is 64.3 Å². The van der Waals surface area contributed by atoms with E-state index in [2.05, 4.69) is 17.1 Å². The van der Waals surface area contributed by atoms with Gasteiger partial charge in [-0.2, -0.15) is 0 Å². The highest BCUT2D eigenvalue weighted by Gasteiger charge is 2.44. The largest absolute Gasteiger partial charge is 0.380 e. The molecule has 3 aliphatic rings. The van der Waals surface area contributed by atoms with Crippen LogP contribution in [0.4, 0.5) is 0 Å². The molecule has 3 rings (SSSR count). The molecule has 2 aliphatic heterocycles. The van der Waals surface area contributed by atoms with Crippen LogP contribution in [0.15, 0.2) is 0 Å². The Morgan fingerprint density at radius 1 is 1.05 bits per heavy atom. The molecular formula is C17H32N2O. The van der Waals surface area contributed by atoms with Crippen molar-refractivity contribution in [2.75, 3.05) is 13.7 Å². The zero-order valence-corrected chi connectivity index (χ0v) is 13.3. The standard InChI is InChI=1S/C17H32N2O/c1-3-10-18-13-11-14-6-4-7-15(12-13)19(14)16-8-5-9-17(16)20-2/h13-18H,3-12H2,1-2H3. The number of hydrogen-bond acceptors (Lipinski definition) is 3. The van der Waals surface area contributed by atoms with Gasteiger partial charge < -0.3 is 10.1 Å². The molecule has 0 radical (unpaired) electrons. The molecule has 0 aromatic heterocycles. The summed E-state index contributed by atoms with van der Waals surface area (Å²) in [5, 5.41) is 3.78. The lowest BCUT2D eigenvalue weighted by atomic mass is 9.80. The average Bonchev–Trinajstić information content (AvgIpc) is 2.92. The van der Waals surface area contributed by atoms with Crippen molar-refractivity contribution < 1.29 is 4.74 Å². The molecule has 3 fully saturated rings. The van der Waals surface area contributed by atoms with Crippen LogP contribution >= 0.6 is 0 Å². The Hall–Kier alpha value is -0.120. The molecule has 4 atom stereocenters. The van der Waals surface area contributed by atoms with Crippen molar-refractivity contribution in [3.05, 3.63) is 0 Å². The maximum atomic E-state index is 5.78. The van der Waals surface area contributed by atoms with Gasteiger partial charge in [-0.05, 0) is 57.9 Å². The van der Waals surface area contributed by atoms with E-state index in [1.807, 2.05) is 7.11 Å². The van der Waals surface area contributed by atoms with Crippen LogP contribution in [0.5, 0.6) is 0 Å². The number of methoxy groups -OCH3 is 1. The van der Waals surface area contributed by atoms with E-state index >= 15 is 0 Å². The molecule has 2 heterocycles. The molecule has 3 heteroatoms. The van der Waals surface area contributed by atoms with Crippen LogP contribution in [0.2, 0.25) is 0 Å². The summed E-state index contributed by atoms with van der Waals surface area (Å²) in [6.45, 7) is 3.46. The first-order valence-electron chi connectivity index (χ1n) is 8.87. The van der Waals surface area contributed by atoms with Crippen LogP contribution in [-0.4, -0.2) is 48.8 Å². The summed E-state index contributed by atoms with van der Waals surface area (Å²) in [5.74, 6) is 0. The molecule has 1 aliphatic carbocycles. The lowest BCUT2D eigenvalue weighted by Gasteiger charge is -2.52. The molecular weight excluding hydrogens is 248 g/mol. The second kappa shape index (κ2) is 6.76. The van der Waals surface area contributed by atoms with Crippen LogP contribution < -0.4 is 5.32 Å². The minimum Gasteiger partial charge on any atom is -0.380 e.